The third-order valence-corrected chi connectivity index (χ3v) is 6.21. The zero-order valence-corrected chi connectivity index (χ0v) is 18.1. The van der Waals surface area contributed by atoms with Crippen LogP contribution in [0, 0.1) is 5.92 Å². The van der Waals surface area contributed by atoms with Gasteiger partial charge in [0, 0.05) is 40.6 Å². The van der Waals surface area contributed by atoms with Crippen molar-refractivity contribution in [3.8, 4) is 0 Å². The Labute approximate surface area is 186 Å². The monoisotopic (exact) mass is 439 g/mol. The Balaban J connectivity index is 1.39. The van der Waals surface area contributed by atoms with Gasteiger partial charge in [0.05, 0.1) is 18.6 Å². The fourth-order valence-electron chi connectivity index (χ4n) is 4.41. The summed E-state index contributed by atoms with van der Waals surface area (Å²) in [4.78, 5) is 34.2. The number of amides is 2. The van der Waals surface area contributed by atoms with Gasteiger partial charge < -0.3 is 16.0 Å². The number of rotatable bonds is 7. The molecule has 3 aromatic rings. The van der Waals surface area contributed by atoms with Crippen LogP contribution in [0.1, 0.15) is 24.6 Å². The van der Waals surface area contributed by atoms with Crippen LogP contribution in [0.15, 0.2) is 48.8 Å². The summed E-state index contributed by atoms with van der Waals surface area (Å²) in [6.45, 7) is 2.83. The van der Waals surface area contributed by atoms with Crippen LogP contribution in [-0.4, -0.2) is 45.3 Å². The van der Waals surface area contributed by atoms with Gasteiger partial charge in [0.2, 0.25) is 11.8 Å². The molecule has 2 amide bonds. The summed E-state index contributed by atoms with van der Waals surface area (Å²) in [5, 5.41) is 4.66. The Morgan fingerprint density at radius 3 is 2.94 bits per heavy atom. The maximum atomic E-state index is 12.8. The van der Waals surface area contributed by atoms with E-state index in [0.717, 1.165) is 28.6 Å². The molecule has 2 unspecified atom stereocenters. The van der Waals surface area contributed by atoms with E-state index < -0.39 is 18.0 Å². The lowest BCUT2D eigenvalue weighted by molar-refractivity contribution is -0.129. The van der Waals surface area contributed by atoms with E-state index in [1.54, 1.807) is 12.4 Å². The number of aromatic nitrogens is 2. The van der Waals surface area contributed by atoms with Crippen molar-refractivity contribution in [2.24, 2.45) is 11.7 Å². The van der Waals surface area contributed by atoms with Gasteiger partial charge in [-0.2, -0.15) is 0 Å². The Hall–Kier alpha value is -2.90. The van der Waals surface area contributed by atoms with Crippen LogP contribution in [0.25, 0.3) is 10.9 Å². The van der Waals surface area contributed by atoms with Crippen LogP contribution in [0.2, 0.25) is 5.02 Å². The molecular weight excluding hydrogens is 414 g/mol. The molecule has 1 saturated heterocycles. The van der Waals surface area contributed by atoms with Gasteiger partial charge in [-0.15, -0.1) is 0 Å². The summed E-state index contributed by atoms with van der Waals surface area (Å²) in [7, 11) is 0. The van der Waals surface area contributed by atoms with Crippen LogP contribution in [0.4, 0.5) is 0 Å². The third-order valence-electron chi connectivity index (χ3n) is 5.97. The number of primary amides is 1. The zero-order chi connectivity index (χ0) is 22.0. The number of aromatic amines is 1. The molecule has 1 aliphatic rings. The molecule has 3 heterocycles. The summed E-state index contributed by atoms with van der Waals surface area (Å²) in [5.41, 5.74) is 8.66. The van der Waals surface area contributed by atoms with Crippen LogP contribution >= 0.6 is 11.6 Å². The first-order valence-corrected chi connectivity index (χ1v) is 10.8. The lowest BCUT2D eigenvalue weighted by Gasteiger charge is -2.28. The minimum atomic E-state index is -0.465. The van der Waals surface area contributed by atoms with Gasteiger partial charge in [-0.05, 0) is 55.5 Å². The average Bonchev–Trinajstić information content (AvgIpc) is 3.35. The minimum absolute atomic E-state index is 0.133. The normalized spacial score (nSPS) is 20.1. The molecule has 162 valence electrons. The Morgan fingerprint density at radius 2 is 2.19 bits per heavy atom. The average molecular weight is 440 g/mol. The first-order chi connectivity index (χ1) is 14.9. The molecule has 2 aromatic heterocycles. The number of hydrogen-bond acceptors (Lipinski definition) is 4. The molecule has 0 bridgehead atoms. The second kappa shape index (κ2) is 9.08. The maximum absolute atomic E-state index is 12.8. The predicted octanol–water partition coefficient (Wildman–Crippen LogP) is 2.64. The number of pyridine rings is 1. The number of carbonyl (C=O) groups excluding carboxylic acids is 2. The van der Waals surface area contributed by atoms with Crippen LogP contribution in [0.5, 0.6) is 0 Å². The van der Waals surface area contributed by atoms with Crippen LogP contribution in [-0.2, 0) is 22.6 Å². The summed E-state index contributed by atoms with van der Waals surface area (Å²) < 4.78 is 0. The number of carbonyl (C=O) groups is 2. The number of likely N-dealkylation sites (tertiary alicyclic amines) is 1. The Morgan fingerprint density at radius 1 is 1.35 bits per heavy atom. The van der Waals surface area contributed by atoms with E-state index in [1.165, 1.54) is 0 Å². The standard InChI is InChI=1S/C23H26ClN5O2/c1-14(23(31)27-12-19-10-17-11-26-6-5-20(17)28-19)29-13-16(9-21(29)22(25)30)7-15-3-2-4-18(24)8-15/h2-6,8,10-11,14,16,21,28H,7,9,12-13H2,1H3,(H2,25,30)(H,27,31)/t14-,16?,21?/m0/s1. The first kappa shape index (κ1) is 21.3. The van der Waals surface area contributed by atoms with Crippen molar-refractivity contribution in [3.05, 3.63) is 65.1 Å². The number of benzene rings is 1. The summed E-state index contributed by atoms with van der Waals surface area (Å²) in [6, 6.07) is 10.7. The number of nitrogens with two attached hydrogens (primary N) is 1. The van der Waals surface area contributed by atoms with Gasteiger partial charge in [-0.1, -0.05) is 23.7 Å². The van der Waals surface area contributed by atoms with Crippen molar-refractivity contribution in [3.63, 3.8) is 0 Å². The minimum Gasteiger partial charge on any atom is -0.368 e. The van der Waals surface area contributed by atoms with Crippen molar-refractivity contribution < 1.29 is 9.59 Å². The van der Waals surface area contributed by atoms with E-state index in [9.17, 15) is 9.59 Å². The van der Waals surface area contributed by atoms with Gasteiger partial charge in [0.1, 0.15) is 0 Å². The topological polar surface area (TPSA) is 104 Å². The highest BCUT2D eigenvalue weighted by molar-refractivity contribution is 6.30. The fraction of sp³-hybridized carbons (Fsp3) is 0.348. The molecule has 8 heteroatoms. The summed E-state index contributed by atoms with van der Waals surface area (Å²) in [6.07, 6.45) is 4.93. The van der Waals surface area contributed by atoms with Gasteiger partial charge in [0.15, 0.2) is 0 Å². The number of fused-ring (bicyclic) bond motifs is 1. The largest absolute Gasteiger partial charge is 0.368 e. The van der Waals surface area contributed by atoms with Crippen molar-refractivity contribution >= 4 is 34.3 Å². The SMILES string of the molecule is C[C@@H](C(=O)NCc1cc2cnccc2[nH]1)N1CC(Cc2cccc(Cl)c2)CC1C(N)=O. The highest BCUT2D eigenvalue weighted by Crippen LogP contribution is 2.29. The molecule has 4 rings (SSSR count). The molecule has 7 nitrogen and oxygen atoms in total. The molecule has 31 heavy (non-hydrogen) atoms. The van der Waals surface area contributed by atoms with Crippen molar-refractivity contribution in [2.75, 3.05) is 6.54 Å². The van der Waals surface area contributed by atoms with E-state index in [0.29, 0.717) is 24.5 Å². The van der Waals surface area contributed by atoms with Gasteiger partial charge in [-0.3, -0.25) is 19.5 Å². The van der Waals surface area contributed by atoms with E-state index >= 15 is 0 Å². The molecule has 0 saturated carbocycles. The highest BCUT2D eigenvalue weighted by Gasteiger charge is 2.40. The molecule has 4 N–H and O–H groups in total. The van der Waals surface area contributed by atoms with Gasteiger partial charge in [0.25, 0.3) is 0 Å². The molecule has 3 atom stereocenters. The Bertz CT molecular complexity index is 1070. The maximum Gasteiger partial charge on any atom is 0.237 e. The van der Waals surface area contributed by atoms with E-state index in [1.807, 2.05) is 48.2 Å². The van der Waals surface area contributed by atoms with Crippen molar-refractivity contribution in [1.29, 1.82) is 0 Å². The molecule has 0 radical (unpaired) electrons. The van der Waals surface area contributed by atoms with E-state index in [-0.39, 0.29) is 11.8 Å². The smallest absolute Gasteiger partial charge is 0.237 e. The summed E-state index contributed by atoms with van der Waals surface area (Å²) >= 11 is 6.10. The van der Waals surface area contributed by atoms with Gasteiger partial charge in [-0.25, -0.2) is 0 Å². The Kier molecular flexibility index (Phi) is 6.25. The quantitative estimate of drug-likeness (QED) is 0.526. The molecule has 1 aromatic carbocycles. The predicted molar refractivity (Wildman–Crippen MR) is 120 cm³/mol. The number of nitrogens with zero attached hydrogens (tertiary/aromatic N) is 2. The molecule has 0 aliphatic carbocycles. The van der Waals surface area contributed by atoms with Crippen LogP contribution < -0.4 is 11.1 Å². The van der Waals surface area contributed by atoms with Crippen molar-refractivity contribution in [1.82, 2.24) is 20.2 Å². The number of hydrogen-bond donors (Lipinski definition) is 3. The van der Waals surface area contributed by atoms with Crippen molar-refractivity contribution in [2.45, 2.75) is 38.4 Å². The van der Waals surface area contributed by atoms with E-state index in [2.05, 4.69) is 15.3 Å². The second-order valence-corrected chi connectivity index (χ2v) is 8.64. The van der Waals surface area contributed by atoms with E-state index in [4.69, 9.17) is 17.3 Å². The first-order valence-electron chi connectivity index (χ1n) is 10.4. The lowest BCUT2D eigenvalue weighted by Crippen LogP contribution is -2.51. The second-order valence-electron chi connectivity index (χ2n) is 8.20. The molecule has 1 fully saturated rings. The number of nitrogens with one attached hydrogen (secondary N) is 2. The summed E-state index contributed by atoms with van der Waals surface area (Å²) in [5.74, 6) is -0.296. The molecule has 0 spiro atoms. The highest BCUT2D eigenvalue weighted by atomic mass is 35.5. The molecule has 1 aliphatic heterocycles. The number of H-pyrrole nitrogens is 1. The van der Waals surface area contributed by atoms with Gasteiger partial charge >= 0.3 is 0 Å². The van der Waals surface area contributed by atoms with Crippen LogP contribution in [0.3, 0.4) is 0 Å². The third kappa shape index (κ3) is 4.89. The fourth-order valence-corrected chi connectivity index (χ4v) is 4.62. The lowest BCUT2D eigenvalue weighted by atomic mass is 9.96. The zero-order valence-electron chi connectivity index (χ0n) is 17.3. The molecular formula is C23H26ClN5O2. The number of halogens is 1.